The third-order valence-electron chi connectivity index (χ3n) is 7.08. The molecule has 1 aromatic carbocycles. The van der Waals surface area contributed by atoms with Crippen molar-refractivity contribution in [2.24, 2.45) is 0 Å². The average molecular weight is 548 g/mol. The van der Waals surface area contributed by atoms with Crippen LogP contribution in [-0.4, -0.2) is 71.9 Å². The highest BCUT2D eigenvalue weighted by Crippen LogP contribution is 2.40. The van der Waals surface area contributed by atoms with Crippen LogP contribution in [0.15, 0.2) is 54.3 Å². The van der Waals surface area contributed by atoms with Gasteiger partial charge < -0.3 is 25.6 Å². The molecule has 1 amide bonds. The van der Waals surface area contributed by atoms with E-state index in [9.17, 15) is 19.6 Å². The first-order valence-electron chi connectivity index (χ1n) is 12.9. The number of carbonyl (C=O) groups is 1. The number of rotatable bonds is 7. The first kappa shape index (κ1) is 28.4. The number of aliphatic hydroxyl groups excluding tert-OH is 1. The molecule has 2 heterocycles. The summed E-state index contributed by atoms with van der Waals surface area (Å²) in [5, 5.41) is 30.3. The predicted molar refractivity (Wildman–Crippen MR) is 154 cm³/mol. The van der Waals surface area contributed by atoms with Gasteiger partial charge >= 0.3 is 0 Å². The number of hydrogen-bond donors (Lipinski definition) is 3. The zero-order chi connectivity index (χ0) is 28.3. The number of carbonyl (C=O) groups excluding carboxylic acids is 1. The minimum Gasteiger partial charge on any atom is -0.394 e. The highest BCUT2D eigenvalue weighted by atomic mass is 32.1. The first-order valence-corrected chi connectivity index (χ1v) is 13.7. The highest BCUT2D eigenvalue weighted by molar-refractivity contribution is 7.15. The lowest BCUT2D eigenvalue weighted by atomic mass is 9.95. The van der Waals surface area contributed by atoms with E-state index in [1.54, 1.807) is 18.3 Å². The van der Waals surface area contributed by atoms with E-state index >= 15 is 0 Å². The second-order valence-electron chi connectivity index (χ2n) is 10.8. The summed E-state index contributed by atoms with van der Waals surface area (Å²) >= 11 is 1.35. The molecule has 39 heavy (non-hydrogen) atoms. The van der Waals surface area contributed by atoms with E-state index in [1.165, 1.54) is 23.5 Å². The van der Waals surface area contributed by atoms with Gasteiger partial charge in [-0.3, -0.25) is 4.79 Å². The topological polar surface area (TPSA) is 103 Å². The van der Waals surface area contributed by atoms with Gasteiger partial charge in [-0.15, -0.1) is 11.3 Å². The molecule has 1 aliphatic heterocycles. The fourth-order valence-corrected chi connectivity index (χ4v) is 5.70. The van der Waals surface area contributed by atoms with E-state index in [0.717, 1.165) is 23.3 Å². The molecular weight excluding hydrogens is 513 g/mol. The van der Waals surface area contributed by atoms with Crippen molar-refractivity contribution in [3.05, 3.63) is 75.4 Å². The number of nitrogens with one attached hydrogen (secondary N) is 2. The number of nitriles is 1. The first-order chi connectivity index (χ1) is 18.5. The van der Waals surface area contributed by atoms with Crippen molar-refractivity contribution < 1.29 is 14.3 Å². The lowest BCUT2D eigenvalue weighted by molar-refractivity contribution is 0.0640. The fourth-order valence-electron chi connectivity index (χ4n) is 4.56. The van der Waals surface area contributed by atoms with Crippen molar-refractivity contribution in [3.8, 4) is 17.2 Å². The van der Waals surface area contributed by atoms with Crippen molar-refractivity contribution in [1.82, 2.24) is 15.1 Å². The Labute approximate surface area is 233 Å². The Bertz CT molecular complexity index is 1410. The summed E-state index contributed by atoms with van der Waals surface area (Å²) in [4.78, 5) is 19.0. The number of allylic oxidation sites excluding steroid dienone is 5. The van der Waals surface area contributed by atoms with Gasteiger partial charge in [0.05, 0.1) is 28.3 Å². The van der Waals surface area contributed by atoms with Crippen molar-refractivity contribution in [2.75, 3.05) is 33.8 Å². The smallest absolute Gasteiger partial charge is 0.264 e. The molecule has 7 nitrogen and oxygen atoms in total. The van der Waals surface area contributed by atoms with Gasteiger partial charge in [0.25, 0.3) is 5.91 Å². The van der Waals surface area contributed by atoms with E-state index < -0.39 is 11.4 Å². The van der Waals surface area contributed by atoms with Crippen LogP contribution in [0.1, 0.15) is 46.8 Å². The lowest BCUT2D eigenvalue weighted by Crippen LogP contribution is -2.47. The van der Waals surface area contributed by atoms with Crippen molar-refractivity contribution in [2.45, 2.75) is 38.3 Å². The van der Waals surface area contributed by atoms with Gasteiger partial charge in [-0.1, -0.05) is 12.1 Å². The van der Waals surface area contributed by atoms with Gasteiger partial charge in [-0.05, 0) is 82.3 Å². The predicted octanol–water partition coefficient (Wildman–Crippen LogP) is 4.81. The Balaban J connectivity index is 1.77. The van der Waals surface area contributed by atoms with Crippen LogP contribution in [0.5, 0.6) is 0 Å². The molecule has 2 aromatic rings. The third-order valence-corrected chi connectivity index (χ3v) is 8.26. The molecular formula is C30H34FN5O2S. The zero-order valence-electron chi connectivity index (χ0n) is 22.7. The van der Waals surface area contributed by atoms with E-state index in [0.29, 0.717) is 46.4 Å². The molecule has 3 N–H and O–H groups in total. The number of halogens is 1. The Morgan fingerprint density at radius 2 is 2.13 bits per heavy atom. The van der Waals surface area contributed by atoms with Crippen molar-refractivity contribution >= 4 is 28.5 Å². The molecule has 1 aromatic heterocycles. The minimum atomic E-state index is -0.615. The summed E-state index contributed by atoms with van der Waals surface area (Å²) in [6, 6.07) is 8.45. The molecule has 4 rings (SSSR count). The number of thiophene rings is 1. The number of nitrogens with zero attached hydrogens (tertiary/aromatic N) is 3. The monoisotopic (exact) mass is 547 g/mol. The molecule has 0 spiro atoms. The molecule has 2 aliphatic rings. The van der Waals surface area contributed by atoms with Crippen molar-refractivity contribution in [3.63, 3.8) is 0 Å². The SMILES string of the molecule is CN(C)C1CCCN(C(=O)c2cc(-c3ccc(C#N)c(F)c3)c(C3=C/C(=C/NC(C)(C)CO)C(=N)C=C3)s2)C1. The van der Waals surface area contributed by atoms with Gasteiger partial charge in [-0.25, -0.2) is 4.39 Å². The number of aliphatic hydroxyl groups is 1. The summed E-state index contributed by atoms with van der Waals surface area (Å²) < 4.78 is 14.7. The summed E-state index contributed by atoms with van der Waals surface area (Å²) in [5.41, 5.74) is 2.38. The number of likely N-dealkylation sites (N-methyl/N-ethyl adjacent to an activating group) is 1. The molecule has 1 atom stereocenters. The molecule has 1 aliphatic carbocycles. The van der Waals surface area contributed by atoms with Crippen LogP contribution in [0.3, 0.4) is 0 Å². The lowest BCUT2D eigenvalue weighted by Gasteiger charge is -2.35. The Kier molecular flexibility index (Phi) is 8.50. The van der Waals surface area contributed by atoms with Gasteiger partial charge in [0.1, 0.15) is 11.9 Å². The average Bonchev–Trinajstić information content (AvgIpc) is 3.37. The normalized spacial score (nSPS) is 18.9. The molecule has 0 bridgehead atoms. The maximum Gasteiger partial charge on any atom is 0.264 e. The Hall–Kier alpha value is -3.58. The van der Waals surface area contributed by atoms with E-state index in [1.807, 2.05) is 57.1 Å². The van der Waals surface area contributed by atoms with Crippen molar-refractivity contribution in [1.29, 1.82) is 10.7 Å². The molecule has 1 unspecified atom stereocenters. The second-order valence-corrected chi connectivity index (χ2v) is 11.9. The number of likely N-dealkylation sites (tertiary alicyclic amines) is 1. The van der Waals surface area contributed by atoms with Gasteiger partial charge in [-0.2, -0.15) is 5.26 Å². The van der Waals surface area contributed by atoms with Crippen LogP contribution < -0.4 is 5.32 Å². The Morgan fingerprint density at radius 3 is 2.79 bits per heavy atom. The summed E-state index contributed by atoms with van der Waals surface area (Å²) in [6.07, 6.45) is 9.05. The molecule has 0 saturated carbocycles. The summed E-state index contributed by atoms with van der Waals surface area (Å²) in [5.74, 6) is -0.667. The summed E-state index contributed by atoms with van der Waals surface area (Å²) in [7, 11) is 4.06. The molecule has 0 radical (unpaired) electrons. The van der Waals surface area contributed by atoms with Crippen LogP contribution in [-0.2, 0) is 0 Å². The van der Waals surface area contributed by atoms with Gasteiger partial charge in [0.2, 0.25) is 0 Å². The zero-order valence-corrected chi connectivity index (χ0v) is 23.5. The third kappa shape index (κ3) is 6.36. The number of amides is 1. The van der Waals surface area contributed by atoms with Gasteiger partial charge in [0.15, 0.2) is 0 Å². The van der Waals surface area contributed by atoms with Crippen LogP contribution in [0.4, 0.5) is 4.39 Å². The van der Waals surface area contributed by atoms with Crippen LogP contribution in [0.2, 0.25) is 0 Å². The highest BCUT2D eigenvalue weighted by Gasteiger charge is 2.28. The molecule has 9 heteroatoms. The largest absolute Gasteiger partial charge is 0.394 e. The van der Waals surface area contributed by atoms with Crippen LogP contribution >= 0.6 is 11.3 Å². The standard InChI is InChI=1S/C30H34FN5O2S/c1-30(2,18-37)34-16-22-12-20(9-10-26(22)33)28-24(19-7-8-21(15-32)25(31)13-19)14-27(39-28)29(38)36-11-5-6-23(17-36)35(3)4/h7-10,12-14,16,23,33-34,37H,5-6,11,17-18H2,1-4H3/b22-16-,33-26?. The summed E-state index contributed by atoms with van der Waals surface area (Å²) in [6.45, 7) is 4.97. The van der Waals surface area contributed by atoms with E-state index in [2.05, 4.69) is 10.2 Å². The molecule has 1 fully saturated rings. The van der Waals surface area contributed by atoms with Gasteiger partial charge in [0, 0.05) is 41.3 Å². The molecule has 1 saturated heterocycles. The number of benzene rings is 1. The fraction of sp³-hybridized carbons (Fsp3) is 0.367. The maximum atomic E-state index is 14.7. The van der Waals surface area contributed by atoms with Crippen LogP contribution in [0.25, 0.3) is 16.7 Å². The van der Waals surface area contributed by atoms with E-state index in [4.69, 9.17) is 5.41 Å². The number of hydrogen-bond acceptors (Lipinski definition) is 7. The minimum absolute atomic E-state index is 0.0390. The van der Waals surface area contributed by atoms with Crippen LogP contribution in [0, 0.1) is 22.6 Å². The quantitative estimate of drug-likeness (QED) is 0.462. The second kappa shape index (κ2) is 11.7. The molecule has 204 valence electrons. The maximum absolute atomic E-state index is 14.7. The Morgan fingerprint density at radius 1 is 1.36 bits per heavy atom. The van der Waals surface area contributed by atoms with E-state index in [-0.39, 0.29) is 18.1 Å². The number of piperidine rings is 1.